The summed E-state index contributed by atoms with van der Waals surface area (Å²) in [5.74, 6) is -0.659. The van der Waals surface area contributed by atoms with E-state index in [0.717, 1.165) is 11.4 Å². The molecular weight excluding hydrogens is 531 g/mol. The molecule has 1 saturated heterocycles. The normalized spacial score (nSPS) is 19.3. The van der Waals surface area contributed by atoms with Crippen molar-refractivity contribution in [2.45, 2.75) is 39.0 Å². The van der Waals surface area contributed by atoms with Crippen LogP contribution >= 0.6 is 0 Å². The molecule has 2 N–H and O–H groups in total. The Balaban J connectivity index is 1.48. The third-order valence-electron chi connectivity index (χ3n) is 7.65. The third-order valence-corrected chi connectivity index (χ3v) is 7.65. The maximum atomic E-state index is 14.5. The van der Waals surface area contributed by atoms with E-state index in [1.807, 2.05) is 31.5 Å². The molecule has 1 fully saturated rings. The quantitative estimate of drug-likeness (QED) is 0.495. The number of ether oxygens (including phenoxy) is 3. The number of nitrogens with zero attached hydrogens (tertiary/aromatic N) is 2. The second kappa shape index (κ2) is 11.5. The number of carbonyl (C=O) groups excluding carboxylic acids is 3. The number of piperidine rings is 1. The Morgan fingerprint density at radius 1 is 1.12 bits per heavy atom. The molecule has 0 unspecified atom stereocenters. The van der Waals surface area contributed by atoms with Crippen LogP contribution in [-0.2, 0) is 18.4 Å². The predicted octanol–water partition coefficient (Wildman–Crippen LogP) is 2.89. The van der Waals surface area contributed by atoms with E-state index in [4.69, 9.17) is 14.2 Å². The van der Waals surface area contributed by atoms with Crippen LogP contribution in [0.3, 0.4) is 0 Å². The molecule has 216 valence electrons. The number of aryl methyl sites for hydroxylation is 1. The molecule has 0 aliphatic carbocycles. The molecule has 3 heterocycles. The van der Waals surface area contributed by atoms with Crippen molar-refractivity contribution in [2.75, 3.05) is 26.8 Å². The number of methoxy groups -OCH3 is 1. The van der Waals surface area contributed by atoms with E-state index in [2.05, 4.69) is 10.6 Å². The number of rotatable bonds is 2. The second-order valence-corrected chi connectivity index (χ2v) is 10.3. The molecule has 3 amide bonds. The monoisotopic (exact) mass is 564 g/mol. The fraction of sp³-hybridized carbons (Fsp3) is 0.367. The number of hydrogen-bond donors (Lipinski definition) is 2. The van der Waals surface area contributed by atoms with Crippen LogP contribution in [0.15, 0.2) is 42.5 Å². The highest BCUT2D eigenvalue weighted by atomic mass is 19.1. The summed E-state index contributed by atoms with van der Waals surface area (Å²) in [6, 6.07) is 10.2. The summed E-state index contributed by atoms with van der Waals surface area (Å²) >= 11 is 0. The van der Waals surface area contributed by atoms with Gasteiger partial charge in [0.25, 0.3) is 17.7 Å². The number of fused-ring (bicyclic) bond motifs is 5. The highest BCUT2D eigenvalue weighted by Gasteiger charge is 2.35. The Hall–Kier alpha value is -4.54. The molecule has 3 aromatic rings. The van der Waals surface area contributed by atoms with Gasteiger partial charge in [-0.05, 0) is 55.8 Å². The lowest BCUT2D eigenvalue weighted by Crippen LogP contribution is -2.58. The minimum Gasteiger partial charge on any atom is -0.493 e. The molecule has 0 radical (unpaired) electrons. The Labute approximate surface area is 237 Å². The van der Waals surface area contributed by atoms with E-state index in [1.165, 1.54) is 25.3 Å². The van der Waals surface area contributed by atoms with Gasteiger partial charge < -0.3 is 34.3 Å². The first-order valence-electron chi connectivity index (χ1n) is 13.4. The smallest absolute Gasteiger partial charge is 0.258 e. The molecule has 0 spiro atoms. The van der Waals surface area contributed by atoms with Gasteiger partial charge >= 0.3 is 0 Å². The summed E-state index contributed by atoms with van der Waals surface area (Å²) in [5, 5.41) is 5.72. The van der Waals surface area contributed by atoms with Gasteiger partial charge in [-0.25, -0.2) is 4.39 Å². The van der Waals surface area contributed by atoms with E-state index in [0.29, 0.717) is 29.8 Å². The van der Waals surface area contributed by atoms with Crippen molar-refractivity contribution < 1.29 is 33.0 Å². The molecular formula is C30H33FN4O6. The molecule has 5 rings (SSSR count). The van der Waals surface area contributed by atoms with E-state index in [-0.39, 0.29) is 42.7 Å². The Morgan fingerprint density at radius 3 is 2.66 bits per heavy atom. The van der Waals surface area contributed by atoms with Gasteiger partial charge in [-0.1, -0.05) is 0 Å². The number of likely N-dealkylation sites (tertiary alicyclic amines) is 1. The van der Waals surface area contributed by atoms with Crippen molar-refractivity contribution in [1.29, 1.82) is 0 Å². The molecule has 0 saturated carbocycles. The van der Waals surface area contributed by atoms with Crippen LogP contribution in [0.5, 0.6) is 17.2 Å². The summed E-state index contributed by atoms with van der Waals surface area (Å²) in [5.41, 5.74) is 3.22. The van der Waals surface area contributed by atoms with Crippen LogP contribution in [0, 0.1) is 19.7 Å². The number of benzene rings is 2. The van der Waals surface area contributed by atoms with Gasteiger partial charge in [0.1, 0.15) is 17.7 Å². The van der Waals surface area contributed by atoms with E-state index in [1.54, 1.807) is 23.1 Å². The molecule has 2 aliphatic rings. The Kier molecular flexibility index (Phi) is 7.87. The van der Waals surface area contributed by atoms with Gasteiger partial charge in [0.15, 0.2) is 18.1 Å². The summed E-state index contributed by atoms with van der Waals surface area (Å²) in [4.78, 5) is 41.1. The number of nitrogens with one attached hydrogen (secondary N) is 2. The Morgan fingerprint density at radius 2 is 1.93 bits per heavy atom. The zero-order valence-electron chi connectivity index (χ0n) is 23.5. The van der Waals surface area contributed by atoms with E-state index < -0.39 is 29.8 Å². The predicted molar refractivity (Wildman–Crippen MR) is 148 cm³/mol. The first kappa shape index (κ1) is 28.0. The van der Waals surface area contributed by atoms with Crippen molar-refractivity contribution in [2.24, 2.45) is 7.05 Å². The highest BCUT2D eigenvalue weighted by molar-refractivity contribution is 5.97. The van der Waals surface area contributed by atoms with Crippen molar-refractivity contribution in [3.05, 3.63) is 76.4 Å². The van der Waals surface area contributed by atoms with Crippen LogP contribution in [0.1, 0.15) is 44.1 Å². The molecule has 2 atom stereocenters. The van der Waals surface area contributed by atoms with Crippen molar-refractivity contribution in [3.8, 4) is 17.2 Å². The van der Waals surface area contributed by atoms with Gasteiger partial charge in [-0.2, -0.15) is 0 Å². The summed E-state index contributed by atoms with van der Waals surface area (Å²) in [6.07, 6.45) is -0.145. The zero-order valence-corrected chi connectivity index (χ0v) is 23.5. The average Bonchev–Trinajstić information content (AvgIpc) is 3.21. The van der Waals surface area contributed by atoms with E-state index >= 15 is 0 Å². The molecule has 2 aliphatic heterocycles. The molecule has 11 heteroatoms. The van der Waals surface area contributed by atoms with E-state index in [9.17, 15) is 18.8 Å². The standard InChI is InChI=1S/C30H33FN4O6/c1-17-9-23(18(2)34(17)3)30(38)35-8-7-25-24(15-35)33-29(37)20-5-6-26(39-4)27(12-20)40-16-28(36)32-14-19-10-21(31)13-22(11-19)41-25/h5-6,9-13,24-25H,7-8,14-16H2,1-4H3,(H,32,36)(H,33,37)/t24-,25+/m0/s1. The van der Waals surface area contributed by atoms with Gasteiger partial charge in [0.05, 0.1) is 18.7 Å². The summed E-state index contributed by atoms with van der Waals surface area (Å²) in [7, 11) is 3.37. The maximum absolute atomic E-state index is 14.5. The molecule has 10 nitrogen and oxygen atoms in total. The van der Waals surface area contributed by atoms with Gasteiger partial charge in [0.2, 0.25) is 0 Å². The van der Waals surface area contributed by atoms with Crippen molar-refractivity contribution >= 4 is 17.7 Å². The SMILES string of the molecule is COc1ccc2cc1OCC(=O)NCc1cc(F)cc(c1)O[C@@H]1CCN(C(=O)c3cc(C)n(C)c3C)C[C@@H]1NC2=O. The second-order valence-electron chi connectivity index (χ2n) is 10.3. The average molecular weight is 565 g/mol. The van der Waals surface area contributed by atoms with Gasteiger partial charge in [-0.3, -0.25) is 14.4 Å². The highest BCUT2D eigenvalue weighted by Crippen LogP contribution is 2.29. The minimum absolute atomic E-state index is 0.0659. The van der Waals surface area contributed by atoms with Gasteiger partial charge in [-0.15, -0.1) is 0 Å². The van der Waals surface area contributed by atoms with Crippen LogP contribution in [0.4, 0.5) is 4.39 Å². The zero-order chi connectivity index (χ0) is 29.3. The molecule has 1 aromatic heterocycles. The number of carbonyl (C=O) groups is 3. The fourth-order valence-corrected chi connectivity index (χ4v) is 5.18. The third kappa shape index (κ3) is 5.98. The number of halogens is 1. The maximum Gasteiger partial charge on any atom is 0.258 e. The number of aromatic nitrogens is 1. The topological polar surface area (TPSA) is 111 Å². The van der Waals surface area contributed by atoms with Crippen LogP contribution in [0.2, 0.25) is 0 Å². The van der Waals surface area contributed by atoms with Crippen LogP contribution in [-0.4, -0.2) is 66.1 Å². The summed E-state index contributed by atoms with van der Waals surface area (Å²) < 4.78 is 33.7. The molecule has 41 heavy (non-hydrogen) atoms. The van der Waals surface area contributed by atoms with Crippen molar-refractivity contribution in [3.63, 3.8) is 0 Å². The largest absolute Gasteiger partial charge is 0.493 e. The van der Waals surface area contributed by atoms with Gasteiger partial charge in [0, 0.05) is 56.1 Å². The van der Waals surface area contributed by atoms with Crippen LogP contribution in [0.25, 0.3) is 0 Å². The lowest BCUT2D eigenvalue weighted by molar-refractivity contribution is -0.123. The Bertz CT molecular complexity index is 1500. The first-order valence-corrected chi connectivity index (χ1v) is 13.4. The number of amides is 3. The van der Waals surface area contributed by atoms with Crippen molar-refractivity contribution in [1.82, 2.24) is 20.1 Å². The number of hydrogen-bond acceptors (Lipinski definition) is 6. The first-order chi connectivity index (χ1) is 19.6. The summed E-state index contributed by atoms with van der Waals surface area (Å²) in [6.45, 7) is 4.16. The molecule has 4 bridgehead atoms. The minimum atomic E-state index is -0.601. The van der Waals surface area contributed by atoms with Crippen LogP contribution < -0.4 is 24.8 Å². The molecule has 2 aromatic carbocycles. The fourth-order valence-electron chi connectivity index (χ4n) is 5.18. The lowest BCUT2D eigenvalue weighted by Gasteiger charge is -2.39. The lowest BCUT2D eigenvalue weighted by atomic mass is 9.99.